The van der Waals surface area contributed by atoms with Crippen LogP contribution < -0.4 is 0 Å². The number of carbonyl (C=O) groups excluding carboxylic acids is 1. The lowest BCUT2D eigenvalue weighted by Gasteiger charge is -2.20. The van der Waals surface area contributed by atoms with Gasteiger partial charge in [-0.1, -0.05) is 73.1 Å². The molecule has 0 heterocycles. The van der Waals surface area contributed by atoms with Crippen molar-refractivity contribution in [3.05, 3.63) is 69.7 Å². The SMILES string of the molecule is CN(CC(=O)c1cccc(Br)c1)Cc1ccc(C(C)(C)C)cc1. The second-order valence-electron chi connectivity index (χ2n) is 7.05. The van der Waals surface area contributed by atoms with Crippen molar-refractivity contribution in [3.63, 3.8) is 0 Å². The van der Waals surface area contributed by atoms with Gasteiger partial charge in [0.2, 0.25) is 0 Å². The van der Waals surface area contributed by atoms with Gasteiger partial charge in [0.15, 0.2) is 5.78 Å². The second-order valence-corrected chi connectivity index (χ2v) is 7.97. The summed E-state index contributed by atoms with van der Waals surface area (Å²) in [4.78, 5) is 14.4. The molecule has 0 N–H and O–H groups in total. The molecule has 0 radical (unpaired) electrons. The highest BCUT2D eigenvalue weighted by atomic mass is 79.9. The van der Waals surface area contributed by atoms with E-state index in [4.69, 9.17) is 0 Å². The molecule has 122 valence electrons. The first-order valence-corrected chi connectivity index (χ1v) is 8.62. The van der Waals surface area contributed by atoms with Crippen molar-refractivity contribution in [1.82, 2.24) is 4.90 Å². The molecule has 0 amide bonds. The van der Waals surface area contributed by atoms with Crippen LogP contribution in [0.4, 0.5) is 0 Å². The van der Waals surface area contributed by atoms with Crippen LogP contribution in [0.25, 0.3) is 0 Å². The standard InChI is InChI=1S/C20H24BrNO/c1-20(2,3)17-10-8-15(9-11-17)13-22(4)14-19(23)16-6-5-7-18(21)12-16/h5-12H,13-14H2,1-4H3. The van der Waals surface area contributed by atoms with Gasteiger partial charge in [0.05, 0.1) is 6.54 Å². The van der Waals surface area contributed by atoms with Crippen LogP contribution >= 0.6 is 15.9 Å². The van der Waals surface area contributed by atoms with Crippen molar-refractivity contribution < 1.29 is 4.79 Å². The van der Waals surface area contributed by atoms with Gasteiger partial charge in [0, 0.05) is 16.6 Å². The fourth-order valence-corrected chi connectivity index (χ4v) is 2.88. The molecule has 2 aromatic rings. The van der Waals surface area contributed by atoms with E-state index in [-0.39, 0.29) is 11.2 Å². The number of carbonyl (C=O) groups is 1. The molecular formula is C20H24BrNO. The number of Topliss-reactive ketones (excluding diaryl/α,β-unsaturated/α-hetero) is 1. The van der Waals surface area contributed by atoms with Crippen molar-refractivity contribution in [1.29, 1.82) is 0 Å². The zero-order valence-corrected chi connectivity index (χ0v) is 15.9. The average molecular weight is 374 g/mol. The molecule has 0 aliphatic heterocycles. The molecule has 0 fully saturated rings. The normalized spacial score (nSPS) is 11.7. The van der Waals surface area contributed by atoms with Gasteiger partial charge >= 0.3 is 0 Å². The second kappa shape index (κ2) is 7.41. The average Bonchev–Trinajstić information content (AvgIpc) is 2.46. The fourth-order valence-electron chi connectivity index (χ4n) is 2.48. The highest BCUT2D eigenvalue weighted by Crippen LogP contribution is 2.22. The van der Waals surface area contributed by atoms with Crippen LogP contribution in [0, 0.1) is 0 Å². The minimum atomic E-state index is 0.139. The number of nitrogens with zero attached hydrogens (tertiary/aromatic N) is 1. The van der Waals surface area contributed by atoms with Crippen molar-refractivity contribution in [2.75, 3.05) is 13.6 Å². The molecule has 0 spiro atoms. The Morgan fingerprint density at radius 3 is 2.30 bits per heavy atom. The van der Waals surface area contributed by atoms with Crippen LogP contribution in [0.2, 0.25) is 0 Å². The Hall–Kier alpha value is -1.45. The third kappa shape index (κ3) is 5.29. The smallest absolute Gasteiger partial charge is 0.176 e. The van der Waals surface area contributed by atoms with E-state index in [1.807, 2.05) is 31.3 Å². The molecular weight excluding hydrogens is 350 g/mol. The molecule has 0 unspecified atom stereocenters. The highest BCUT2D eigenvalue weighted by Gasteiger charge is 2.14. The van der Waals surface area contributed by atoms with Gasteiger partial charge in [-0.05, 0) is 35.7 Å². The molecule has 2 nitrogen and oxygen atoms in total. The molecule has 2 rings (SSSR count). The fraction of sp³-hybridized carbons (Fsp3) is 0.350. The van der Waals surface area contributed by atoms with Crippen LogP contribution in [-0.4, -0.2) is 24.3 Å². The number of hydrogen-bond donors (Lipinski definition) is 0. The van der Waals surface area contributed by atoms with E-state index in [0.717, 1.165) is 16.6 Å². The Morgan fingerprint density at radius 1 is 1.09 bits per heavy atom. The van der Waals surface area contributed by atoms with E-state index in [9.17, 15) is 4.79 Å². The van der Waals surface area contributed by atoms with Gasteiger partial charge in [-0.3, -0.25) is 9.69 Å². The summed E-state index contributed by atoms with van der Waals surface area (Å²) in [5, 5.41) is 0. The lowest BCUT2D eigenvalue weighted by Crippen LogP contribution is -2.25. The van der Waals surface area contributed by atoms with Gasteiger partial charge in [-0.2, -0.15) is 0 Å². The van der Waals surface area contributed by atoms with Crippen molar-refractivity contribution >= 4 is 21.7 Å². The summed E-state index contributed by atoms with van der Waals surface area (Å²) < 4.78 is 0.934. The minimum absolute atomic E-state index is 0.139. The number of ketones is 1. The first-order chi connectivity index (χ1) is 10.8. The van der Waals surface area contributed by atoms with Gasteiger partial charge in [0.1, 0.15) is 0 Å². The van der Waals surface area contributed by atoms with Crippen molar-refractivity contribution in [3.8, 4) is 0 Å². The monoisotopic (exact) mass is 373 g/mol. The summed E-state index contributed by atoms with van der Waals surface area (Å²) >= 11 is 3.41. The van der Waals surface area contributed by atoms with Crippen molar-refractivity contribution in [2.24, 2.45) is 0 Å². The molecule has 0 bridgehead atoms. The van der Waals surface area contributed by atoms with Gasteiger partial charge in [-0.25, -0.2) is 0 Å². The summed E-state index contributed by atoms with van der Waals surface area (Å²) in [5.74, 6) is 0.139. The maximum Gasteiger partial charge on any atom is 0.176 e. The van der Waals surface area contributed by atoms with E-state index < -0.39 is 0 Å². The van der Waals surface area contributed by atoms with E-state index in [1.54, 1.807) is 0 Å². The number of rotatable bonds is 5. The molecule has 0 saturated heterocycles. The van der Waals surface area contributed by atoms with Crippen LogP contribution in [0.1, 0.15) is 42.3 Å². The molecule has 0 atom stereocenters. The Bertz CT molecular complexity index is 671. The zero-order valence-electron chi connectivity index (χ0n) is 14.3. The summed E-state index contributed by atoms with van der Waals surface area (Å²) in [6.45, 7) is 7.82. The Balaban J connectivity index is 1.97. The van der Waals surface area contributed by atoms with Gasteiger partial charge < -0.3 is 0 Å². The quantitative estimate of drug-likeness (QED) is 0.682. The van der Waals surface area contributed by atoms with Crippen LogP contribution in [0.15, 0.2) is 53.0 Å². The lowest BCUT2D eigenvalue weighted by atomic mass is 9.87. The first kappa shape index (κ1) is 17.9. The minimum Gasteiger partial charge on any atom is -0.295 e. The predicted molar refractivity (Wildman–Crippen MR) is 99.9 cm³/mol. The third-order valence-corrected chi connectivity index (χ3v) is 4.33. The maximum absolute atomic E-state index is 12.3. The molecule has 0 aliphatic carbocycles. The molecule has 3 heteroatoms. The number of halogens is 1. The summed E-state index contributed by atoms with van der Waals surface area (Å²) in [7, 11) is 1.98. The molecule has 23 heavy (non-hydrogen) atoms. The van der Waals surface area contributed by atoms with E-state index in [2.05, 4.69) is 65.9 Å². The predicted octanol–water partition coefficient (Wildman–Crippen LogP) is 5.06. The van der Waals surface area contributed by atoms with E-state index in [0.29, 0.717) is 6.54 Å². The first-order valence-electron chi connectivity index (χ1n) is 7.82. The lowest BCUT2D eigenvalue weighted by molar-refractivity contribution is 0.0943. The van der Waals surface area contributed by atoms with Crippen LogP contribution in [0.5, 0.6) is 0 Å². The number of likely N-dealkylation sites (N-methyl/N-ethyl adjacent to an activating group) is 1. The molecule has 2 aromatic carbocycles. The molecule has 0 aliphatic rings. The highest BCUT2D eigenvalue weighted by molar-refractivity contribution is 9.10. The molecule has 0 saturated carbocycles. The largest absolute Gasteiger partial charge is 0.295 e. The van der Waals surface area contributed by atoms with Crippen LogP contribution in [0.3, 0.4) is 0 Å². The Morgan fingerprint density at radius 2 is 1.74 bits per heavy atom. The Labute approximate surface area is 147 Å². The van der Waals surface area contributed by atoms with Gasteiger partial charge in [0.25, 0.3) is 0 Å². The zero-order chi connectivity index (χ0) is 17.0. The summed E-state index contributed by atoms with van der Waals surface area (Å²) in [6.07, 6.45) is 0. The maximum atomic E-state index is 12.3. The summed E-state index contributed by atoms with van der Waals surface area (Å²) in [5.41, 5.74) is 3.46. The van der Waals surface area contributed by atoms with E-state index >= 15 is 0 Å². The summed E-state index contributed by atoms with van der Waals surface area (Å²) in [6, 6.07) is 16.2. The Kier molecular flexibility index (Phi) is 5.77. The van der Waals surface area contributed by atoms with Crippen LogP contribution in [-0.2, 0) is 12.0 Å². The van der Waals surface area contributed by atoms with Crippen molar-refractivity contribution in [2.45, 2.75) is 32.7 Å². The van der Waals surface area contributed by atoms with E-state index in [1.165, 1.54) is 11.1 Å². The van der Waals surface area contributed by atoms with Gasteiger partial charge in [-0.15, -0.1) is 0 Å². The topological polar surface area (TPSA) is 20.3 Å². The third-order valence-electron chi connectivity index (χ3n) is 3.83. The number of benzene rings is 2. The molecule has 0 aromatic heterocycles. The number of hydrogen-bond acceptors (Lipinski definition) is 2.